The summed E-state index contributed by atoms with van der Waals surface area (Å²) in [5, 5.41) is 21.5. The third-order valence-corrected chi connectivity index (χ3v) is 6.99. The Kier molecular flexibility index (Phi) is 6.32. The van der Waals surface area contributed by atoms with Gasteiger partial charge >= 0.3 is 0 Å². The maximum Gasteiger partial charge on any atom is 0.143 e. The van der Waals surface area contributed by atoms with Crippen molar-refractivity contribution >= 4 is 22.6 Å². The summed E-state index contributed by atoms with van der Waals surface area (Å²) >= 11 is 6.25. The van der Waals surface area contributed by atoms with Crippen LogP contribution in [-0.2, 0) is 6.54 Å². The molecule has 3 aromatic heterocycles. The Balaban J connectivity index is 1.72. The van der Waals surface area contributed by atoms with Crippen molar-refractivity contribution < 1.29 is 5.11 Å². The van der Waals surface area contributed by atoms with Crippen molar-refractivity contribution in [1.29, 1.82) is 5.26 Å². The Labute approximate surface area is 203 Å². The first kappa shape index (κ1) is 22.5. The topological polar surface area (TPSA) is 87.6 Å². The molecule has 5 rings (SSSR count). The number of hydrogen-bond donors (Lipinski definition) is 1. The number of pyridine rings is 2. The van der Waals surface area contributed by atoms with Crippen molar-refractivity contribution in [3.63, 3.8) is 0 Å². The van der Waals surface area contributed by atoms with Gasteiger partial charge in [0.05, 0.1) is 21.7 Å². The molecule has 1 N–H and O–H groups in total. The first-order valence-corrected chi connectivity index (χ1v) is 12.1. The predicted molar refractivity (Wildman–Crippen MR) is 132 cm³/mol. The highest BCUT2D eigenvalue weighted by Crippen LogP contribution is 2.36. The van der Waals surface area contributed by atoms with E-state index in [1.807, 2.05) is 30.3 Å². The number of aliphatic hydroxyl groups is 1. The molecule has 172 valence electrons. The Morgan fingerprint density at radius 2 is 1.88 bits per heavy atom. The van der Waals surface area contributed by atoms with E-state index in [2.05, 4.69) is 27.5 Å². The maximum absolute atomic E-state index is 11.4. The summed E-state index contributed by atoms with van der Waals surface area (Å²) in [6.07, 6.45) is 7.06. The number of halogens is 1. The molecule has 3 heterocycles. The fourth-order valence-corrected chi connectivity index (χ4v) is 5.10. The SMILES string of the molecule is CC1CCC(Cn2c(C(O)c3ccccc3)nc3cc(C#N)nc(-c4cncc(Cl)c4)c32)CC1. The number of aromatic nitrogens is 4. The van der Waals surface area contributed by atoms with Crippen molar-refractivity contribution in [1.82, 2.24) is 19.5 Å². The van der Waals surface area contributed by atoms with Crippen LogP contribution >= 0.6 is 11.6 Å². The number of nitriles is 1. The first-order chi connectivity index (χ1) is 16.5. The lowest BCUT2D eigenvalue weighted by Gasteiger charge is -2.28. The number of imidazole rings is 1. The van der Waals surface area contributed by atoms with E-state index in [0.29, 0.717) is 33.5 Å². The molecule has 4 aromatic rings. The fourth-order valence-electron chi connectivity index (χ4n) is 4.92. The van der Waals surface area contributed by atoms with Gasteiger partial charge in [-0.15, -0.1) is 0 Å². The standard InChI is InChI=1S/C27H26ClN5O/c1-17-7-9-18(10-8-17)16-33-25-23(32-27(33)26(34)19-5-3-2-4-6-19)12-22(13-29)31-24(25)20-11-21(28)15-30-14-20/h2-6,11-12,14-15,17-18,26,34H,7-10,16H2,1H3. The smallest absolute Gasteiger partial charge is 0.143 e. The zero-order valence-electron chi connectivity index (χ0n) is 19.0. The Morgan fingerprint density at radius 3 is 2.59 bits per heavy atom. The average molecular weight is 472 g/mol. The minimum atomic E-state index is -0.896. The molecule has 1 aromatic carbocycles. The van der Waals surface area contributed by atoms with E-state index >= 15 is 0 Å². The largest absolute Gasteiger partial charge is 0.380 e. The van der Waals surface area contributed by atoms with E-state index in [0.717, 1.165) is 36.4 Å². The molecule has 1 fully saturated rings. The van der Waals surface area contributed by atoms with Gasteiger partial charge in [-0.25, -0.2) is 9.97 Å². The summed E-state index contributed by atoms with van der Waals surface area (Å²) in [5.74, 6) is 1.79. The van der Waals surface area contributed by atoms with Crippen LogP contribution in [0.3, 0.4) is 0 Å². The third-order valence-electron chi connectivity index (χ3n) is 6.78. The van der Waals surface area contributed by atoms with Crippen LogP contribution in [0.15, 0.2) is 54.9 Å². The molecule has 1 aliphatic carbocycles. The van der Waals surface area contributed by atoms with Crippen LogP contribution in [0.4, 0.5) is 0 Å². The van der Waals surface area contributed by atoms with Gasteiger partial charge in [0.2, 0.25) is 0 Å². The average Bonchev–Trinajstić information content (AvgIpc) is 3.23. The van der Waals surface area contributed by atoms with Gasteiger partial charge in [-0.1, -0.05) is 61.7 Å². The fraction of sp³-hybridized carbons (Fsp3) is 0.333. The lowest BCUT2D eigenvalue weighted by Crippen LogP contribution is -2.20. The second-order valence-corrected chi connectivity index (χ2v) is 9.68. The minimum Gasteiger partial charge on any atom is -0.380 e. The van der Waals surface area contributed by atoms with Crippen LogP contribution in [0, 0.1) is 23.2 Å². The molecule has 1 atom stereocenters. The summed E-state index contributed by atoms with van der Waals surface area (Å²) in [7, 11) is 0. The molecule has 6 nitrogen and oxygen atoms in total. The van der Waals surface area contributed by atoms with Crippen LogP contribution in [0.2, 0.25) is 5.02 Å². The quantitative estimate of drug-likeness (QED) is 0.390. The molecule has 1 unspecified atom stereocenters. The predicted octanol–water partition coefficient (Wildman–Crippen LogP) is 5.93. The van der Waals surface area contributed by atoms with Crippen molar-refractivity contribution in [2.75, 3.05) is 0 Å². The zero-order valence-corrected chi connectivity index (χ0v) is 19.8. The highest BCUT2D eigenvalue weighted by molar-refractivity contribution is 6.30. The summed E-state index contributed by atoms with van der Waals surface area (Å²) in [4.78, 5) is 13.7. The molecular formula is C27H26ClN5O. The van der Waals surface area contributed by atoms with Gasteiger partial charge in [0.1, 0.15) is 23.7 Å². The monoisotopic (exact) mass is 471 g/mol. The van der Waals surface area contributed by atoms with E-state index < -0.39 is 6.10 Å². The summed E-state index contributed by atoms with van der Waals surface area (Å²) in [5.41, 5.74) is 3.79. The van der Waals surface area contributed by atoms with E-state index in [1.165, 1.54) is 12.8 Å². The lowest BCUT2D eigenvalue weighted by atomic mass is 9.83. The molecule has 0 radical (unpaired) electrons. The Hall–Kier alpha value is -3.27. The normalized spacial score (nSPS) is 19.1. The second-order valence-electron chi connectivity index (χ2n) is 9.25. The van der Waals surface area contributed by atoms with E-state index in [1.54, 1.807) is 24.5 Å². The molecule has 0 spiro atoms. The van der Waals surface area contributed by atoms with Crippen molar-refractivity contribution in [3.8, 4) is 17.3 Å². The molecule has 0 bridgehead atoms. The third kappa shape index (κ3) is 4.42. The summed E-state index contributed by atoms with van der Waals surface area (Å²) in [6.45, 7) is 3.04. The molecule has 1 aliphatic rings. The summed E-state index contributed by atoms with van der Waals surface area (Å²) in [6, 6.07) is 15.2. The van der Waals surface area contributed by atoms with Crippen molar-refractivity contribution in [2.24, 2.45) is 11.8 Å². The second kappa shape index (κ2) is 9.54. The Morgan fingerprint density at radius 1 is 1.12 bits per heavy atom. The van der Waals surface area contributed by atoms with Gasteiger partial charge in [-0.3, -0.25) is 4.98 Å². The number of nitrogens with zero attached hydrogens (tertiary/aromatic N) is 5. The van der Waals surface area contributed by atoms with E-state index in [-0.39, 0.29) is 5.69 Å². The highest BCUT2D eigenvalue weighted by atomic mass is 35.5. The van der Waals surface area contributed by atoms with Crippen LogP contribution in [0.5, 0.6) is 0 Å². The van der Waals surface area contributed by atoms with Crippen molar-refractivity contribution in [3.05, 3.63) is 77.0 Å². The molecular weight excluding hydrogens is 446 g/mol. The molecule has 0 aliphatic heterocycles. The highest BCUT2D eigenvalue weighted by Gasteiger charge is 2.27. The Bertz CT molecular complexity index is 1350. The van der Waals surface area contributed by atoms with E-state index in [4.69, 9.17) is 16.6 Å². The number of rotatable bonds is 5. The van der Waals surface area contributed by atoms with Gasteiger partial charge in [-0.05, 0) is 36.3 Å². The lowest BCUT2D eigenvalue weighted by molar-refractivity contribution is 0.198. The molecule has 0 saturated heterocycles. The van der Waals surface area contributed by atoms with Crippen molar-refractivity contribution in [2.45, 2.75) is 45.3 Å². The minimum absolute atomic E-state index is 0.263. The van der Waals surface area contributed by atoms with Crippen LogP contribution in [-0.4, -0.2) is 24.6 Å². The maximum atomic E-state index is 11.4. The number of hydrogen-bond acceptors (Lipinski definition) is 5. The van der Waals surface area contributed by atoms with E-state index in [9.17, 15) is 10.4 Å². The van der Waals surface area contributed by atoms with Crippen LogP contribution in [0.1, 0.15) is 55.8 Å². The van der Waals surface area contributed by atoms with Gasteiger partial charge in [0.15, 0.2) is 0 Å². The van der Waals surface area contributed by atoms with Gasteiger partial charge < -0.3 is 9.67 Å². The number of aliphatic hydroxyl groups excluding tert-OH is 1. The number of fused-ring (bicyclic) bond motifs is 1. The van der Waals surface area contributed by atoms with Crippen LogP contribution < -0.4 is 0 Å². The number of benzene rings is 1. The first-order valence-electron chi connectivity index (χ1n) is 11.7. The zero-order chi connectivity index (χ0) is 23.7. The van der Waals surface area contributed by atoms with Gasteiger partial charge in [-0.2, -0.15) is 5.26 Å². The van der Waals surface area contributed by atoms with Crippen LogP contribution in [0.25, 0.3) is 22.3 Å². The molecule has 34 heavy (non-hydrogen) atoms. The molecule has 7 heteroatoms. The van der Waals surface area contributed by atoms with Gasteiger partial charge in [0, 0.05) is 30.6 Å². The van der Waals surface area contributed by atoms with Gasteiger partial charge in [0.25, 0.3) is 0 Å². The summed E-state index contributed by atoms with van der Waals surface area (Å²) < 4.78 is 2.11. The molecule has 0 amide bonds. The molecule has 1 saturated carbocycles.